The first kappa shape index (κ1) is 14.6. The summed E-state index contributed by atoms with van der Waals surface area (Å²) in [5.74, 6) is 0. The first-order valence-corrected chi connectivity index (χ1v) is 6.10. The van der Waals surface area contributed by atoms with Gasteiger partial charge in [-0.25, -0.2) is 0 Å². The normalized spacial score (nSPS) is 15.1. The Balaban J connectivity index is 3.04. The molecule has 0 saturated carbocycles. The van der Waals surface area contributed by atoms with Crippen LogP contribution in [0, 0.1) is 11.5 Å². The molecule has 1 rings (SSSR count). The van der Waals surface area contributed by atoms with Gasteiger partial charge in [0.05, 0.1) is 0 Å². The number of nitrogens with zero attached hydrogens (tertiary/aromatic N) is 3. The van der Waals surface area contributed by atoms with Gasteiger partial charge in [0, 0.05) is 11.4 Å². The van der Waals surface area contributed by atoms with E-state index in [0.29, 0.717) is 12.0 Å². The molecule has 4 nitrogen and oxygen atoms in total. The van der Waals surface area contributed by atoms with Crippen LogP contribution < -0.4 is 0 Å². The van der Waals surface area contributed by atoms with E-state index in [1.807, 2.05) is 0 Å². The van der Waals surface area contributed by atoms with Crippen LogP contribution in [-0.2, 0) is 17.1 Å². The van der Waals surface area contributed by atoms with Crippen molar-refractivity contribution in [3.63, 3.8) is 0 Å². The molecule has 0 unspecified atom stereocenters. The van der Waals surface area contributed by atoms with E-state index in [1.54, 1.807) is 6.92 Å². The molecule has 0 aliphatic heterocycles. The van der Waals surface area contributed by atoms with E-state index >= 15 is 0 Å². The van der Waals surface area contributed by atoms with Crippen LogP contribution in [-0.4, -0.2) is 9.54 Å². The van der Waals surface area contributed by atoms with Gasteiger partial charge < -0.3 is 4.55 Å². The summed E-state index contributed by atoms with van der Waals surface area (Å²) in [5.41, 5.74) is -0.646. The molecule has 0 aliphatic carbocycles. The summed E-state index contributed by atoms with van der Waals surface area (Å²) in [4.78, 5) is 3.28. The molecular weight excluding hydrogens is 267 g/mol. The van der Waals surface area contributed by atoms with Crippen LogP contribution in [0.2, 0.25) is 0 Å². The highest BCUT2D eigenvalue weighted by atomic mass is 32.2. The van der Waals surface area contributed by atoms with Gasteiger partial charge in [0.2, 0.25) is 6.19 Å². The van der Waals surface area contributed by atoms with Crippen LogP contribution >= 0.6 is 0 Å². The zero-order valence-corrected chi connectivity index (χ0v) is 10.1. The summed E-state index contributed by atoms with van der Waals surface area (Å²) in [6.07, 6.45) is -1.70. The van der Waals surface area contributed by atoms with Crippen LogP contribution in [0.15, 0.2) is 22.7 Å². The van der Waals surface area contributed by atoms with Crippen molar-refractivity contribution >= 4 is 11.0 Å². The number of aromatic nitrogens is 1. The number of halogens is 3. The van der Waals surface area contributed by atoms with Gasteiger partial charge >= 0.3 is 6.18 Å². The molecule has 1 aromatic heterocycles. The number of hydrogen-bond donors (Lipinski definition) is 0. The van der Waals surface area contributed by atoms with Crippen molar-refractivity contribution in [2.24, 2.45) is 4.36 Å². The first-order valence-electron chi connectivity index (χ1n) is 4.93. The van der Waals surface area contributed by atoms with Crippen molar-refractivity contribution in [1.82, 2.24) is 4.98 Å². The Labute approximate surface area is 104 Å². The maximum absolute atomic E-state index is 12.3. The largest absolute Gasteiger partial charge is 0.788 e. The summed E-state index contributed by atoms with van der Waals surface area (Å²) in [6, 6.07) is 2.02. The Hall–Kier alpha value is -1.46. The first-order chi connectivity index (χ1) is 8.40. The monoisotopic (exact) mass is 276 g/mol. The predicted molar refractivity (Wildman–Crippen MR) is 58.5 cm³/mol. The zero-order chi connectivity index (χ0) is 13.8. The molecule has 0 aliphatic rings. The molecule has 0 saturated heterocycles. The van der Waals surface area contributed by atoms with Crippen molar-refractivity contribution in [3.8, 4) is 6.19 Å². The number of rotatable bonds is 3. The molecule has 2 atom stereocenters. The van der Waals surface area contributed by atoms with E-state index in [0.717, 1.165) is 12.3 Å². The summed E-state index contributed by atoms with van der Waals surface area (Å²) < 4.78 is 51.6. The highest BCUT2D eigenvalue weighted by molar-refractivity contribution is 7.81. The van der Waals surface area contributed by atoms with Gasteiger partial charge in [0.15, 0.2) is 0 Å². The molecule has 1 heterocycles. The maximum atomic E-state index is 12.3. The van der Waals surface area contributed by atoms with E-state index in [4.69, 9.17) is 5.26 Å². The van der Waals surface area contributed by atoms with Crippen molar-refractivity contribution < 1.29 is 17.7 Å². The minimum absolute atomic E-state index is 0.364. The average Bonchev–Trinajstić information content (AvgIpc) is 2.30. The number of nitriles is 1. The zero-order valence-electron chi connectivity index (χ0n) is 9.31. The fraction of sp³-hybridized carbons (Fsp3) is 0.400. The molecule has 18 heavy (non-hydrogen) atoms. The standard InChI is InChI=1S/C10H9F3N3OS/c1-2-8(18(17)16-6-14)7-3-4-9(15-5-7)10(11,12)13/h3-5,8H,2H2,1H3/q-1/t8-,18+/m0/s1. The van der Waals surface area contributed by atoms with Crippen LogP contribution in [0.5, 0.6) is 0 Å². The second kappa shape index (κ2) is 5.93. The molecule has 98 valence electrons. The highest BCUT2D eigenvalue weighted by Crippen LogP contribution is 2.29. The van der Waals surface area contributed by atoms with Crippen molar-refractivity contribution in [2.45, 2.75) is 24.8 Å². The molecule has 0 bridgehead atoms. The lowest BCUT2D eigenvalue weighted by Crippen LogP contribution is -2.10. The second-order valence-electron chi connectivity index (χ2n) is 3.34. The SMILES string of the molecule is CC[C@@H](c1ccc(C(F)(F)F)nc1)[S@@]([O-])=NC#N. The van der Waals surface area contributed by atoms with Gasteiger partial charge in [-0.3, -0.25) is 4.98 Å². The minimum Gasteiger partial charge on any atom is -0.788 e. The van der Waals surface area contributed by atoms with Crippen LogP contribution in [0.4, 0.5) is 13.2 Å². The quantitative estimate of drug-likeness (QED) is 0.797. The Bertz CT molecular complexity index is 479. The van der Waals surface area contributed by atoms with E-state index in [2.05, 4.69) is 9.35 Å². The van der Waals surface area contributed by atoms with Crippen molar-refractivity contribution in [3.05, 3.63) is 29.6 Å². The summed E-state index contributed by atoms with van der Waals surface area (Å²) in [6.45, 7) is 1.70. The molecule has 0 fully saturated rings. The number of hydrogen-bond acceptors (Lipinski definition) is 4. The van der Waals surface area contributed by atoms with Gasteiger partial charge in [0.25, 0.3) is 0 Å². The van der Waals surface area contributed by atoms with Crippen molar-refractivity contribution in [2.75, 3.05) is 0 Å². The maximum Gasteiger partial charge on any atom is 0.433 e. The summed E-state index contributed by atoms with van der Waals surface area (Å²) in [5, 5.41) is 7.68. The fourth-order valence-electron chi connectivity index (χ4n) is 1.36. The Morgan fingerprint density at radius 2 is 2.22 bits per heavy atom. The lowest BCUT2D eigenvalue weighted by molar-refractivity contribution is -0.141. The average molecular weight is 276 g/mol. The Morgan fingerprint density at radius 3 is 2.61 bits per heavy atom. The second-order valence-corrected chi connectivity index (χ2v) is 4.64. The Kier molecular flexibility index (Phi) is 4.81. The lowest BCUT2D eigenvalue weighted by atomic mass is 10.1. The molecule has 1 aromatic rings. The Morgan fingerprint density at radius 1 is 1.56 bits per heavy atom. The topological polar surface area (TPSA) is 72.1 Å². The highest BCUT2D eigenvalue weighted by Gasteiger charge is 2.32. The lowest BCUT2D eigenvalue weighted by Gasteiger charge is -2.22. The van der Waals surface area contributed by atoms with E-state index in [1.165, 1.54) is 12.3 Å². The van der Waals surface area contributed by atoms with Gasteiger partial charge in [-0.05, 0) is 18.1 Å². The summed E-state index contributed by atoms with van der Waals surface area (Å²) >= 11 is 0. The van der Waals surface area contributed by atoms with Crippen molar-refractivity contribution in [1.29, 1.82) is 5.26 Å². The minimum atomic E-state index is -4.50. The van der Waals surface area contributed by atoms with Gasteiger partial charge in [-0.15, -0.1) is 0 Å². The molecular formula is C10H9F3N3OS-. The fourth-order valence-corrected chi connectivity index (χ4v) is 2.23. The van der Waals surface area contributed by atoms with Crippen LogP contribution in [0.1, 0.15) is 29.9 Å². The van der Waals surface area contributed by atoms with Gasteiger partial charge in [-0.2, -0.15) is 33.8 Å². The molecule has 0 radical (unpaired) electrons. The van der Waals surface area contributed by atoms with Gasteiger partial charge in [0.1, 0.15) is 5.69 Å². The predicted octanol–water partition coefficient (Wildman–Crippen LogP) is 2.96. The third kappa shape index (κ3) is 3.51. The number of alkyl halides is 3. The van der Waals surface area contributed by atoms with Crippen LogP contribution in [0.25, 0.3) is 0 Å². The molecule has 8 heteroatoms. The molecule has 0 N–H and O–H groups in total. The van der Waals surface area contributed by atoms with E-state index in [-0.39, 0.29) is 0 Å². The number of pyridine rings is 1. The molecule has 0 aromatic carbocycles. The smallest absolute Gasteiger partial charge is 0.433 e. The van der Waals surface area contributed by atoms with E-state index < -0.39 is 28.1 Å². The third-order valence-electron chi connectivity index (χ3n) is 2.19. The van der Waals surface area contributed by atoms with Crippen LogP contribution in [0.3, 0.4) is 0 Å². The van der Waals surface area contributed by atoms with Gasteiger partial charge in [-0.1, -0.05) is 13.0 Å². The molecule has 0 spiro atoms. The third-order valence-corrected chi connectivity index (χ3v) is 3.55. The molecule has 0 amide bonds. The van der Waals surface area contributed by atoms with E-state index in [9.17, 15) is 17.7 Å². The summed E-state index contributed by atoms with van der Waals surface area (Å²) in [7, 11) is -1.79.